The monoisotopic (exact) mass is 727 g/mol. The van der Waals surface area contributed by atoms with Crippen LogP contribution in [0.4, 0.5) is 0 Å². The molecule has 1 unspecified atom stereocenters. The van der Waals surface area contributed by atoms with E-state index in [9.17, 15) is 0 Å². The van der Waals surface area contributed by atoms with Gasteiger partial charge in [0.25, 0.3) is 0 Å². The zero-order chi connectivity index (χ0) is 27.4. The minimum atomic E-state index is -0.823. The summed E-state index contributed by atoms with van der Waals surface area (Å²) in [5.41, 5.74) is 8.37. The van der Waals surface area contributed by atoms with Gasteiger partial charge in [0, 0.05) is 0 Å². The number of fused-ring (bicyclic) bond motifs is 1. The molecule has 0 aliphatic heterocycles. The van der Waals surface area contributed by atoms with Gasteiger partial charge in [-0.3, -0.25) is 0 Å². The van der Waals surface area contributed by atoms with E-state index in [0.29, 0.717) is 11.8 Å². The first-order valence-electron chi connectivity index (χ1n) is 13.4. The van der Waals surface area contributed by atoms with Crippen molar-refractivity contribution >= 4 is 31.4 Å². The average Bonchev–Trinajstić information content (AvgIpc) is 3.23. The van der Waals surface area contributed by atoms with Gasteiger partial charge in [-0.25, -0.2) is 0 Å². The Kier molecular flexibility index (Phi) is 12.5. The van der Waals surface area contributed by atoms with E-state index in [2.05, 4.69) is 77.4 Å². The van der Waals surface area contributed by atoms with Crippen LogP contribution in [0.15, 0.2) is 36.4 Å². The first-order chi connectivity index (χ1) is 17.2. The molecule has 1 aliphatic carbocycles. The summed E-state index contributed by atoms with van der Waals surface area (Å²) in [5, 5.41) is 9.48. The number of rotatable bonds is 7. The molecule has 4 nitrogen and oxygen atoms in total. The van der Waals surface area contributed by atoms with Crippen molar-refractivity contribution in [3.05, 3.63) is 65.4 Å². The summed E-state index contributed by atoms with van der Waals surface area (Å²) < 4.78 is 5.84. The molecule has 1 aromatic heterocycles. The largest absolute Gasteiger partial charge is 2.00 e. The molecule has 1 heterocycles. The summed E-state index contributed by atoms with van der Waals surface area (Å²) in [7, 11) is -1.44. The maximum Gasteiger partial charge on any atom is 2.00 e. The Labute approximate surface area is 250 Å². The first kappa shape index (κ1) is 33.4. The Hall–Kier alpha value is -0.812. The third-order valence-electron chi connectivity index (χ3n) is 6.89. The Morgan fingerprint density at radius 2 is 1.55 bits per heavy atom. The van der Waals surface area contributed by atoms with Gasteiger partial charge in [0.1, 0.15) is 11.0 Å². The Morgan fingerprint density at radius 1 is 1.00 bits per heavy atom. The van der Waals surface area contributed by atoms with Crippen molar-refractivity contribution in [2.75, 3.05) is 37.5 Å². The van der Waals surface area contributed by atoms with Gasteiger partial charge in [0.2, 0.25) is 0 Å². The molecule has 0 bridgehead atoms. The van der Waals surface area contributed by atoms with Crippen molar-refractivity contribution in [3.63, 3.8) is 0 Å². The maximum atomic E-state index is 5.84. The summed E-state index contributed by atoms with van der Waals surface area (Å²) in [4.78, 5) is 1.84. The maximum absolute atomic E-state index is 5.84. The van der Waals surface area contributed by atoms with Gasteiger partial charge in [0.15, 0.2) is 0 Å². The van der Waals surface area contributed by atoms with E-state index in [1.54, 1.807) is 0 Å². The van der Waals surface area contributed by atoms with Crippen LogP contribution in [-0.2, 0) is 31.7 Å². The third kappa shape index (κ3) is 9.68. The molecule has 1 atom stereocenters. The number of nitrogens with zero attached hydrogens (tertiary/aromatic N) is 3. The summed E-state index contributed by atoms with van der Waals surface area (Å²) in [6, 6.07) is 12.8. The van der Waals surface area contributed by atoms with Crippen LogP contribution in [0.25, 0.3) is 16.7 Å². The summed E-state index contributed by atoms with van der Waals surface area (Å²) >= 11 is 0. The molecule has 2 aromatic carbocycles. The van der Waals surface area contributed by atoms with E-state index in [-0.39, 0.29) is 21.1 Å². The normalized spacial score (nSPS) is 16.5. The van der Waals surface area contributed by atoms with Crippen molar-refractivity contribution in [3.8, 4) is 5.69 Å². The molecule has 38 heavy (non-hydrogen) atoms. The molecule has 0 radical (unpaired) electrons. The molecular formula is C31H49N3OS2W. The van der Waals surface area contributed by atoms with Crippen LogP contribution in [0.2, 0.25) is 0 Å². The van der Waals surface area contributed by atoms with E-state index in [1.165, 1.54) is 54.2 Å². The SMILES string of the molecule is C[C-](OS(C)(C)C)S(C)(C)C.[CH2-]C(C)Cc1cc(C2CCCCC2)cc(-n2nc3ccccc3n2)c1C.[W+2]. The molecule has 7 heteroatoms. The smallest absolute Gasteiger partial charge is 0.495 e. The standard InChI is InChI=1S/C23H28N3.C8H21OS2.W/c1-16(2)13-19-14-20(18-9-5-4-6-10-18)15-23(17(19)3)26-24-21-11-7-8-12-22(21)25-26;1-8(10(2,3)4)9-11(5,6)7;/h7-8,11-12,14-16,18H,1,4-6,9-10,13H2,2-3H3;1-7H3;/q2*-1;+2. The molecule has 1 saturated carbocycles. The van der Waals surface area contributed by atoms with Crippen LogP contribution in [0.3, 0.4) is 0 Å². The molecular weight excluding hydrogens is 678 g/mol. The molecule has 0 saturated heterocycles. The second-order valence-electron chi connectivity index (χ2n) is 12.1. The van der Waals surface area contributed by atoms with Crippen LogP contribution in [-0.4, -0.2) is 52.5 Å². The predicted octanol–water partition coefficient (Wildman–Crippen LogP) is 8.60. The molecule has 0 amide bonds. The second kappa shape index (κ2) is 14.2. The fourth-order valence-electron chi connectivity index (χ4n) is 4.67. The van der Waals surface area contributed by atoms with E-state index in [1.807, 2.05) is 29.1 Å². The topological polar surface area (TPSA) is 39.9 Å². The van der Waals surface area contributed by atoms with Crippen molar-refractivity contribution in [2.24, 2.45) is 5.92 Å². The predicted molar refractivity (Wildman–Crippen MR) is 168 cm³/mol. The Morgan fingerprint density at radius 3 is 2.00 bits per heavy atom. The quantitative estimate of drug-likeness (QED) is 0.229. The van der Waals surface area contributed by atoms with Gasteiger partial charge in [-0.05, 0) is 79.3 Å². The van der Waals surface area contributed by atoms with Gasteiger partial charge in [-0.2, -0.15) is 27.9 Å². The van der Waals surface area contributed by atoms with E-state index < -0.39 is 20.3 Å². The summed E-state index contributed by atoms with van der Waals surface area (Å²) in [5.74, 6) is 1.07. The Bertz CT molecular complexity index is 1130. The molecule has 212 valence electrons. The van der Waals surface area contributed by atoms with Gasteiger partial charge in [-0.1, -0.05) is 69.6 Å². The Balaban J connectivity index is 0.000000362. The number of hydrogen-bond donors (Lipinski definition) is 0. The van der Waals surface area contributed by atoms with Crippen LogP contribution in [0, 0.1) is 25.2 Å². The minimum Gasteiger partial charge on any atom is -0.495 e. The molecule has 0 N–H and O–H groups in total. The van der Waals surface area contributed by atoms with Gasteiger partial charge in [0.05, 0.1) is 5.69 Å². The second-order valence-corrected chi connectivity index (χ2v) is 19.9. The van der Waals surface area contributed by atoms with E-state index in [0.717, 1.165) is 23.1 Å². The molecule has 0 spiro atoms. The van der Waals surface area contributed by atoms with Crippen LogP contribution < -0.4 is 0 Å². The molecule has 3 aromatic rings. The molecule has 1 fully saturated rings. The fourth-order valence-corrected chi connectivity index (χ4v) is 6.80. The van der Waals surface area contributed by atoms with Crippen molar-refractivity contribution in [2.45, 2.75) is 65.2 Å². The average molecular weight is 728 g/mol. The zero-order valence-corrected chi connectivity index (χ0v) is 29.6. The first-order valence-corrected chi connectivity index (χ1v) is 19.1. The van der Waals surface area contributed by atoms with E-state index in [4.69, 9.17) is 14.4 Å². The van der Waals surface area contributed by atoms with Crippen molar-refractivity contribution in [1.29, 1.82) is 0 Å². The number of benzene rings is 2. The van der Waals surface area contributed by atoms with Crippen LogP contribution in [0.5, 0.6) is 0 Å². The van der Waals surface area contributed by atoms with Crippen molar-refractivity contribution in [1.82, 2.24) is 15.0 Å². The number of hydrogen-bond acceptors (Lipinski definition) is 3. The number of aromatic nitrogens is 3. The molecule has 4 rings (SSSR count). The minimum absolute atomic E-state index is 0. The van der Waals surface area contributed by atoms with Gasteiger partial charge < -0.3 is 21.1 Å². The summed E-state index contributed by atoms with van der Waals surface area (Å²) in [6.45, 7) is 10.7. The zero-order valence-electron chi connectivity index (χ0n) is 25.0. The summed E-state index contributed by atoms with van der Waals surface area (Å²) in [6.07, 6.45) is 21.0. The van der Waals surface area contributed by atoms with Crippen LogP contribution in [0.1, 0.15) is 68.6 Å². The molecule has 1 aliphatic rings. The van der Waals surface area contributed by atoms with Gasteiger partial charge >= 0.3 is 21.1 Å². The van der Waals surface area contributed by atoms with Crippen LogP contribution >= 0.6 is 20.3 Å². The van der Waals surface area contributed by atoms with E-state index >= 15 is 0 Å². The van der Waals surface area contributed by atoms with Crippen molar-refractivity contribution < 1.29 is 25.2 Å². The fraction of sp³-hybridized carbons (Fsp3) is 0.548. The third-order valence-corrected chi connectivity index (χ3v) is 9.55. The van der Waals surface area contributed by atoms with Gasteiger partial charge in [-0.15, -0.1) is 15.6 Å².